The van der Waals surface area contributed by atoms with Crippen molar-refractivity contribution in [2.75, 3.05) is 26.2 Å². The van der Waals surface area contributed by atoms with Gasteiger partial charge in [0.05, 0.1) is 5.02 Å². The highest BCUT2D eigenvalue weighted by molar-refractivity contribution is 6.32. The lowest BCUT2D eigenvalue weighted by atomic mass is 9.99. The number of rotatable bonds is 5. The van der Waals surface area contributed by atoms with Crippen molar-refractivity contribution < 1.29 is 17.9 Å². The molecular formula is C15H20ClF3N2O. The van der Waals surface area contributed by atoms with E-state index >= 15 is 0 Å². The maximum absolute atomic E-state index is 12.3. The Labute approximate surface area is 133 Å². The highest BCUT2D eigenvalue weighted by Gasteiger charge is 2.32. The molecule has 124 valence electrons. The first-order chi connectivity index (χ1) is 10.4. The van der Waals surface area contributed by atoms with E-state index in [9.17, 15) is 13.2 Å². The first-order valence-corrected chi connectivity index (χ1v) is 7.78. The molecule has 0 bridgehead atoms. The van der Waals surface area contributed by atoms with E-state index in [1.807, 2.05) is 0 Å². The molecule has 0 saturated carbocycles. The lowest BCUT2D eigenvalue weighted by Gasteiger charge is -2.35. The molecule has 1 atom stereocenters. The van der Waals surface area contributed by atoms with Crippen molar-refractivity contribution in [3.8, 4) is 5.75 Å². The van der Waals surface area contributed by atoms with E-state index < -0.39 is 6.36 Å². The fourth-order valence-corrected chi connectivity index (χ4v) is 2.99. The first-order valence-electron chi connectivity index (χ1n) is 7.40. The Morgan fingerprint density at radius 1 is 1.32 bits per heavy atom. The van der Waals surface area contributed by atoms with Crippen molar-refractivity contribution in [1.29, 1.82) is 0 Å². The van der Waals surface area contributed by atoms with E-state index in [2.05, 4.69) is 21.9 Å². The van der Waals surface area contributed by atoms with Crippen LogP contribution in [0.1, 0.15) is 31.4 Å². The molecule has 0 aromatic heterocycles. The van der Waals surface area contributed by atoms with Gasteiger partial charge in [-0.15, -0.1) is 13.2 Å². The van der Waals surface area contributed by atoms with Gasteiger partial charge in [0, 0.05) is 32.2 Å². The molecule has 1 aliphatic heterocycles. The van der Waals surface area contributed by atoms with Crippen LogP contribution in [0.2, 0.25) is 5.02 Å². The summed E-state index contributed by atoms with van der Waals surface area (Å²) in [5.41, 5.74) is 0.934. The molecule has 1 aromatic rings. The maximum Gasteiger partial charge on any atom is 0.573 e. The van der Waals surface area contributed by atoms with Crippen molar-refractivity contribution in [3.05, 3.63) is 28.8 Å². The Bertz CT molecular complexity index is 490. The van der Waals surface area contributed by atoms with Crippen molar-refractivity contribution in [2.24, 2.45) is 0 Å². The molecule has 1 heterocycles. The van der Waals surface area contributed by atoms with E-state index in [4.69, 9.17) is 11.6 Å². The predicted molar refractivity (Wildman–Crippen MR) is 80.2 cm³/mol. The number of nitrogens with one attached hydrogen (secondary N) is 1. The summed E-state index contributed by atoms with van der Waals surface area (Å²) in [6.07, 6.45) is -2.80. The molecule has 0 aliphatic carbocycles. The van der Waals surface area contributed by atoms with E-state index in [-0.39, 0.29) is 16.8 Å². The molecule has 0 spiro atoms. The lowest BCUT2D eigenvalue weighted by Crippen LogP contribution is -2.45. The van der Waals surface area contributed by atoms with E-state index in [1.165, 1.54) is 6.07 Å². The van der Waals surface area contributed by atoms with Gasteiger partial charge in [0.25, 0.3) is 0 Å². The Balaban J connectivity index is 2.19. The summed E-state index contributed by atoms with van der Waals surface area (Å²) in [4.78, 5) is 2.34. The number of benzene rings is 1. The number of alkyl halides is 3. The average Bonchev–Trinajstić information content (AvgIpc) is 2.47. The number of piperazine rings is 1. The van der Waals surface area contributed by atoms with Gasteiger partial charge in [0.1, 0.15) is 5.75 Å². The molecule has 1 fully saturated rings. The lowest BCUT2D eigenvalue weighted by molar-refractivity contribution is -0.274. The normalized spacial score (nSPS) is 18.2. The zero-order chi connectivity index (χ0) is 16.2. The van der Waals surface area contributed by atoms with Gasteiger partial charge in [0.2, 0.25) is 0 Å². The molecule has 0 unspecified atom stereocenters. The number of hydrogen-bond acceptors (Lipinski definition) is 3. The van der Waals surface area contributed by atoms with Gasteiger partial charge in [-0.2, -0.15) is 0 Å². The van der Waals surface area contributed by atoms with Gasteiger partial charge in [0.15, 0.2) is 0 Å². The van der Waals surface area contributed by atoms with E-state index in [0.717, 1.165) is 44.6 Å². The standard InChI is InChI=1S/C15H20ClF3N2O/c1-2-3-13(21-8-6-20-7-9-21)11-4-5-14(12(16)10-11)22-15(17,18)19/h4-5,10,13,20H,2-3,6-9H2,1H3/t13-/m1/s1. The molecular weight excluding hydrogens is 317 g/mol. The van der Waals surface area contributed by atoms with Gasteiger partial charge >= 0.3 is 6.36 Å². The molecule has 0 radical (unpaired) electrons. The summed E-state index contributed by atoms with van der Waals surface area (Å²) in [6.45, 7) is 5.77. The highest BCUT2D eigenvalue weighted by Crippen LogP contribution is 2.34. The number of halogens is 4. The molecule has 0 amide bonds. The minimum absolute atomic E-state index is 0.00828. The van der Waals surface area contributed by atoms with Gasteiger partial charge in [-0.1, -0.05) is 31.0 Å². The van der Waals surface area contributed by atoms with Crippen molar-refractivity contribution in [3.63, 3.8) is 0 Å². The topological polar surface area (TPSA) is 24.5 Å². The highest BCUT2D eigenvalue weighted by atomic mass is 35.5. The summed E-state index contributed by atoms with van der Waals surface area (Å²) < 4.78 is 40.8. The molecule has 22 heavy (non-hydrogen) atoms. The molecule has 1 saturated heterocycles. The molecule has 2 rings (SSSR count). The number of hydrogen-bond donors (Lipinski definition) is 1. The van der Waals surface area contributed by atoms with Gasteiger partial charge in [-0.3, -0.25) is 4.90 Å². The van der Waals surface area contributed by atoms with Crippen LogP contribution >= 0.6 is 11.6 Å². The van der Waals surface area contributed by atoms with Crippen LogP contribution in [0.4, 0.5) is 13.2 Å². The van der Waals surface area contributed by atoms with E-state index in [1.54, 1.807) is 12.1 Å². The molecule has 1 aromatic carbocycles. The number of nitrogens with zero attached hydrogens (tertiary/aromatic N) is 1. The third kappa shape index (κ3) is 4.76. The van der Waals surface area contributed by atoms with Crippen molar-refractivity contribution in [1.82, 2.24) is 10.2 Å². The third-order valence-electron chi connectivity index (χ3n) is 3.72. The van der Waals surface area contributed by atoms with Gasteiger partial charge in [-0.25, -0.2) is 0 Å². The fraction of sp³-hybridized carbons (Fsp3) is 0.600. The van der Waals surface area contributed by atoms with Crippen LogP contribution < -0.4 is 10.1 Å². The monoisotopic (exact) mass is 336 g/mol. The fourth-order valence-electron chi connectivity index (χ4n) is 2.76. The summed E-state index contributed by atoms with van der Waals surface area (Å²) in [7, 11) is 0. The minimum atomic E-state index is -4.73. The quantitative estimate of drug-likeness (QED) is 0.880. The SMILES string of the molecule is CCC[C@H](c1ccc(OC(F)(F)F)c(Cl)c1)N1CCNCC1. The summed E-state index contributed by atoms with van der Waals surface area (Å²) in [5.74, 6) is -0.353. The number of ether oxygens (including phenoxy) is 1. The first kappa shape index (κ1) is 17.4. The molecule has 7 heteroatoms. The van der Waals surface area contributed by atoms with Crippen LogP contribution in [0, 0.1) is 0 Å². The third-order valence-corrected chi connectivity index (χ3v) is 4.02. The maximum atomic E-state index is 12.3. The Morgan fingerprint density at radius 3 is 2.55 bits per heavy atom. The van der Waals surface area contributed by atoms with E-state index in [0.29, 0.717) is 0 Å². The second kappa shape index (κ2) is 7.53. The zero-order valence-corrected chi connectivity index (χ0v) is 13.2. The second-order valence-corrected chi connectivity index (χ2v) is 5.74. The summed E-state index contributed by atoms with van der Waals surface area (Å²) in [5, 5.41) is 3.29. The molecule has 1 aliphatic rings. The Morgan fingerprint density at radius 2 is 2.00 bits per heavy atom. The molecule has 1 N–H and O–H groups in total. The van der Waals surface area contributed by atoms with Crippen molar-refractivity contribution >= 4 is 11.6 Å². The largest absolute Gasteiger partial charge is 0.573 e. The van der Waals surface area contributed by atoms with Crippen LogP contribution in [0.3, 0.4) is 0 Å². The Hall–Kier alpha value is -0.980. The van der Waals surface area contributed by atoms with Crippen LogP contribution in [0.15, 0.2) is 18.2 Å². The van der Waals surface area contributed by atoms with Crippen molar-refractivity contribution in [2.45, 2.75) is 32.2 Å². The van der Waals surface area contributed by atoms with Crippen LogP contribution in [-0.4, -0.2) is 37.4 Å². The van der Waals surface area contributed by atoms with Crippen LogP contribution in [-0.2, 0) is 0 Å². The summed E-state index contributed by atoms with van der Waals surface area (Å²) in [6, 6.07) is 4.74. The molecule has 3 nitrogen and oxygen atoms in total. The smallest absolute Gasteiger partial charge is 0.404 e. The Kier molecular flexibility index (Phi) is 5.94. The zero-order valence-electron chi connectivity index (χ0n) is 12.4. The summed E-state index contributed by atoms with van der Waals surface area (Å²) >= 11 is 5.96. The van der Waals surface area contributed by atoms with Crippen LogP contribution in [0.5, 0.6) is 5.75 Å². The predicted octanol–water partition coefficient (Wildman–Crippen LogP) is 3.99. The van der Waals surface area contributed by atoms with Gasteiger partial charge < -0.3 is 10.1 Å². The van der Waals surface area contributed by atoms with Crippen LogP contribution in [0.25, 0.3) is 0 Å². The second-order valence-electron chi connectivity index (χ2n) is 5.33. The van der Waals surface area contributed by atoms with Gasteiger partial charge in [-0.05, 0) is 24.1 Å². The average molecular weight is 337 g/mol. The minimum Gasteiger partial charge on any atom is -0.404 e.